The minimum atomic E-state index is -0.237. The van der Waals surface area contributed by atoms with E-state index in [2.05, 4.69) is 15.7 Å². The van der Waals surface area contributed by atoms with E-state index >= 15 is 0 Å². The van der Waals surface area contributed by atoms with Crippen LogP contribution in [-0.2, 0) is 18.3 Å². The third-order valence-corrected chi connectivity index (χ3v) is 3.47. The molecule has 0 aliphatic rings. The molecule has 0 spiro atoms. The second-order valence-corrected chi connectivity index (χ2v) is 5.23. The van der Waals surface area contributed by atoms with Crippen LogP contribution in [0.2, 0.25) is 0 Å². The van der Waals surface area contributed by atoms with Gasteiger partial charge in [0, 0.05) is 37.6 Å². The highest BCUT2D eigenvalue weighted by Gasteiger charge is 2.12. The number of rotatable bonds is 6. The van der Waals surface area contributed by atoms with Gasteiger partial charge in [0.2, 0.25) is 5.91 Å². The van der Waals surface area contributed by atoms with Gasteiger partial charge in [0.15, 0.2) is 0 Å². The molecule has 0 saturated carbocycles. The Balaban J connectivity index is 1.77. The maximum Gasteiger partial charge on any atom is 0.241 e. The molecule has 1 amide bonds. The molecule has 1 aromatic heterocycles. The number of amides is 1. The number of carbonyl (C=O) groups excluding carboxylic acids is 1. The Morgan fingerprint density at radius 1 is 1.29 bits per heavy atom. The molecular formula is C16H22N4O. The van der Waals surface area contributed by atoms with E-state index in [9.17, 15) is 4.79 Å². The van der Waals surface area contributed by atoms with Crippen molar-refractivity contribution in [2.75, 3.05) is 11.9 Å². The molecule has 1 heterocycles. The van der Waals surface area contributed by atoms with Crippen molar-refractivity contribution >= 4 is 11.6 Å². The highest BCUT2D eigenvalue weighted by Crippen LogP contribution is 2.08. The molecule has 21 heavy (non-hydrogen) atoms. The van der Waals surface area contributed by atoms with Gasteiger partial charge in [-0.25, -0.2) is 0 Å². The summed E-state index contributed by atoms with van der Waals surface area (Å²) in [7, 11) is 1.92. The number of aromatic nitrogens is 2. The van der Waals surface area contributed by atoms with Crippen molar-refractivity contribution in [2.24, 2.45) is 7.05 Å². The van der Waals surface area contributed by atoms with Gasteiger partial charge >= 0.3 is 0 Å². The maximum atomic E-state index is 12.1. The number of benzene rings is 1. The van der Waals surface area contributed by atoms with Crippen LogP contribution in [0.5, 0.6) is 0 Å². The summed E-state index contributed by atoms with van der Waals surface area (Å²) in [5.41, 5.74) is 3.15. The fourth-order valence-electron chi connectivity index (χ4n) is 2.04. The van der Waals surface area contributed by atoms with Crippen molar-refractivity contribution in [1.29, 1.82) is 0 Å². The van der Waals surface area contributed by atoms with Crippen LogP contribution in [0, 0.1) is 6.92 Å². The van der Waals surface area contributed by atoms with E-state index in [-0.39, 0.29) is 11.9 Å². The lowest BCUT2D eigenvalue weighted by Gasteiger charge is -2.14. The molecule has 1 atom stereocenters. The van der Waals surface area contributed by atoms with Gasteiger partial charge in [-0.2, -0.15) is 5.10 Å². The number of hydrogen-bond acceptors (Lipinski definition) is 3. The lowest BCUT2D eigenvalue weighted by atomic mass is 10.2. The minimum absolute atomic E-state index is 0.0242. The lowest BCUT2D eigenvalue weighted by Crippen LogP contribution is -2.39. The molecule has 112 valence electrons. The van der Waals surface area contributed by atoms with Crippen LogP contribution >= 0.6 is 0 Å². The zero-order valence-corrected chi connectivity index (χ0v) is 12.8. The molecule has 5 heteroatoms. The summed E-state index contributed by atoms with van der Waals surface area (Å²) < 4.78 is 1.85. The summed E-state index contributed by atoms with van der Waals surface area (Å²) in [5, 5.41) is 10.3. The van der Waals surface area contributed by atoms with E-state index in [0.717, 1.165) is 24.3 Å². The van der Waals surface area contributed by atoms with Crippen molar-refractivity contribution in [3.8, 4) is 0 Å². The Morgan fingerprint density at radius 2 is 2.00 bits per heavy atom. The first kappa shape index (κ1) is 15.3. The highest BCUT2D eigenvalue weighted by molar-refractivity contribution is 5.94. The number of nitrogens with zero attached hydrogens (tertiary/aromatic N) is 2. The molecule has 1 aromatic carbocycles. The predicted octanol–water partition coefficient (Wildman–Crippen LogP) is 1.89. The first-order chi connectivity index (χ1) is 10.1. The molecule has 1 unspecified atom stereocenters. The van der Waals surface area contributed by atoms with E-state index in [1.54, 1.807) is 6.20 Å². The quantitative estimate of drug-likeness (QED) is 0.852. The van der Waals surface area contributed by atoms with Crippen LogP contribution < -0.4 is 10.6 Å². The number of hydrogen-bond donors (Lipinski definition) is 2. The molecular weight excluding hydrogens is 264 g/mol. The second kappa shape index (κ2) is 7.04. The predicted molar refractivity (Wildman–Crippen MR) is 84.2 cm³/mol. The monoisotopic (exact) mass is 286 g/mol. The summed E-state index contributed by atoms with van der Waals surface area (Å²) in [6.07, 6.45) is 2.63. The first-order valence-electron chi connectivity index (χ1n) is 7.14. The van der Waals surface area contributed by atoms with Gasteiger partial charge in [-0.3, -0.25) is 9.48 Å². The highest BCUT2D eigenvalue weighted by atomic mass is 16.2. The summed E-state index contributed by atoms with van der Waals surface area (Å²) in [5.74, 6) is -0.0242. The Hall–Kier alpha value is -2.14. The van der Waals surface area contributed by atoms with Gasteiger partial charge in [0.25, 0.3) is 0 Å². The molecule has 2 aromatic rings. The van der Waals surface area contributed by atoms with Crippen LogP contribution in [0.15, 0.2) is 36.5 Å². The number of nitrogens with one attached hydrogen (secondary N) is 2. The molecule has 2 N–H and O–H groups in total. The average molecular weight is 286 g/mol. The van der Waals surface area contributed by atoms with Crippen LogP contribution in [0.3, 0.4) is 0 Å². The van der Waals surface area contributed by atoms with Gasteiger partial charge in [0.1, 0.15) is 0 Å². The van der Waals surface area contributed by atoms with Gasteiger partial charge in [0.05, 0.1) is 6.04 Å². The maximum absolute atomic E-state index is 12.1. The molecule has 0 aliphatic heterocycles. The standard InChI is InChI=1S/C16H22N4O/c1-12-4-6-14(7-5-12)19-16(21)13(2)17-10-8-15-9-11-18-20(15)3/h4-7,9,11,13,17H,8,10H2,1-3H3,(H,19,21). The summed E-state index contributed by atoms with van der Waals surface area (Å²) in [6, 6.07) is 9.54. The topological polar surface area (TPSA) is 59.0 Å². The molecule has 2 rings (SSSR count). The van der Waals surface area contributed by atoms with Crippen LogP contribution in [0.25, 0.3) is 0 Å². The Morgan fingerprint density at radius 3 is 2.62 bits per heavy atom. The fourth-order valence-corrected chi connectivity index (χ4v) is 2.04. The van der Waals surface area contributed by atoms with E-state index in [0.29, 0.717) is 0 Å². The lowest BCUT2D eigenvalue weighted by molar-refractivity contribution is -0.117. The number of anilines is 1. The molecule has 0 radical (unpaired) electrons. The summed E-state index contributed by atoms with van der Waals surface area (Å²) in [6.45, 7) is 4.63. The van der Waals surface area contributed by atoms with Crippen molar-refractivity contribution in [3.63, 3.8) is 0 Å². The summed E-state index contributed by atoms with van der Waals surface area (Å²) >= 11 is 0. The largest absolute Gasteiger partial charge is 0.325 e. The first-order valence-corrected chi connectivity index (χ1v) is 7.14. The Kier molecular flexibility index (Phi) is 5.11. The van der Waals surface area contributed by atoms with Gasteiger partial charge < -0.3 is 10.6 Å². The minimum Gasteiger partial charge on any atom is -0.325 e. The Labute approximate surface area is 125 Å². The van der Waals surface area contributed by atoms with E-state index < -0.39 is 0 Å². The van der Waals surface area contributed by atoms with Crippen molar-refractivity contribution in [2.45, 2.75) is 26.3 Å². The Bertz CT molecular complexity index is 589. The van der Waals surface area contributed by atoms with Crippen molar-refractivity contribution in [3.05, 3.63) is 47.8 Å². The third-order valence-electron chi connectivity index (χ3n) is 3.47. The second-order valence-electron chi connectivity index (χ2n) is 5.23. The van der Waals surface area contributed by atoms with Crippen molar-refractivity contribution in [1.82, 2.24) is 15.1 Å². The number of aryl methyl sites for hydroxylation is 2. The molecule has 0 saturated heterocycles. The van der Waals surface area contributed by atoms with Crippen LogP contribution in [0.4, 0.5) is 5.69 Å². The zero-order chi connectivity index (χ0) is 15.2. The smallest absolute Gasteiger partial charge is 0.241 e. The van der Waals surface area contributed by atoms with Crippen LogP contribution in [0.1, 0.15) is 18.2 Å². The van der Waals surface area contributed by atoms with Gasteiger partial charge in [-0.15, -0.1) is 0 Å². The van der Waals surface area contributed by atoms with Crippen LogP contribution in [-0.4, -0.2) is 28.3 Å². The van der Waals surface area contributed by atoms with E-state index in [1.165, 1.54) is 5.56 Å². The molecule has 0 fully saturated rings. The SMILES string of the molecule is Cc1ccc(NC(=O)C(C)NCCc2ccnn2C)cc1. The van der Waals surface area contributed by atoms with Gasteiger partial charge in [-0.05, 0) is 32.0 Å². The van der Waals surface area contributed by atoms with Crippen molar-refractivity contribution < 1.29 is 4.79 Å². The molecule has 0 aliphatic carbocycles. The fraction of sp³-hybridized carbons (Fsp3) is 0.375. The molecule has 0 bridgehead atoms. The average Bonchev–Trinajstić information content (AvgIpc) is 2.87. The van der Waals surface area contributed by atoms with Gasteiger partial charge in [-0.1, -0.05) is 17.7 Å². The summed E-state index contributed by atoms with van der Waals surface area (Å²) in [4.78, 5) is 12.1. The number of carbonyl (C=O) groups is 1. The zero-order valence-electron chi connectivity index (χ0n) is 12.8. The van der Waals surface area contributed by atoms with E-state index in [4.69, 9.17) is 0 Å². The van der Waals surface area contributed by atoms with E-state index in [1.807, 2.05) is 55.9 Å². The normalized spacial score (nSPS) is 12.1. The molecule has 5 nitrogen and oxygen atoms in total. The third kappa shape index (κ3) is 4.43.